The zero-order valence-corrected chi connectivity index (χ0v) is 13.3. The van der Waals surface area contributed by atoms with Gasteiger partial charge in [-0.05, 0) is 25.3 Å². The molecular formula is C18H21N3O2. The number of aromatic nitrogens is 1. The zero-order chi connectivity index (χ0) is 16.2. The molecule has 1 aromatic carbocycles. The van der Waals surface area contributed by atoms with E-state index in [0.29, 0.717) is 5.88 Å². The van der Waals surface area contributed by atoms with Crippen molar-refractivity contribution in [2.75, 3.05) is 18.4 Å². The van der Waals surface area contributed by atoms with Crippen molar-refractivity contribution in [3.63, 3.8) is 0 Å². The lowest BCUT2D eigenvalue weighted by Crippen LogP contribution is -2.37. The van der Waals surface area contributed by atoms with Crippen molar-refractivity contribution in [3.05, 3.63) is 48.8 Å². The average molecular weight is 311 g/mol. The van der Waals surface area contributed by atoms with Crippen molar-refractivity contribution in [2.45, 2.75) is 19.8 Å². The number of hydrogen-bond acceptors (Lipinski definition) is 4. The molecule has 1 aliphatic rings. The third-order valence-electron chi connectivity index (χ3n) is 4.30. The number of rotatable bonds is 4. The van der Waals surface area contributed by atoms with Gasteiger partial charge in [-0.25, -0.2) is 0 Å². The van der Waals surface area contributed by atoms with E-state index in [0.717, 1.165) is 42.8 Å². The molecule has 1 N–H and O–H groups in total. The van der Waals surface area contributed by atoms with Gasteiger partial charge in [0.25, 0.3) is 0 Å². The summed E-state index contributed by atoms with van der Waals surface area (Å²) in [7, 11) is 0. The number of anilines is 1. The van der Waals surface area contributed by atoms with Crippen molar-refractivity contribution in [1.29, 1.82) is 0 Å². The first-order valence-corrected chi connectivity index (χ1v) is 7.86. The summed E-state index contributed by atoms with van der Waals surface area (Å²) in [6.07, 6.45) is 3.29. The van der Waals surface area contributed by atoms with Gasteiger partial charge in [0, 0.05) is 24.7 Å². The maximum Gasteiger partial charge on any atom is 0.239 e. The summed E-state index contributed by atoms with van der Waals surface area (Å²) < 4.78 is 5.23. The molecule has 5 nitrogen and oxygen atoms in total. The Morgan fingerprint density at radius 2 is 2.00 bits per heavy atom. The van der Waals surface area contributed by atoms with E-state index in [9.17, 15) is 4.79 Å². The fourth-order valence-electron chi connectivity index (χ4n) is 2.89. The Kier molecular flexibility index (Phi) is 4.46. The van der Waals surface area contributed by atoms with Crippen LogP contribution in [-0.4, -0.2) is 29.1 Å². The van der Waals surface area contributed by atoms with Crippen LogP contribution in [0.3, 0.4) is 0 Å². The molecule has 1 saturated heterocycles. The Morgan fingerprint density at radius 3 is 2.65 bits per heavy atom. The SMILES string of the molecule is C=C(C)N1CCC(C(=O)Nc2oncc2-c2ccccc2)CC1. The molecule has 0 bridgehead atoms. The van der Waals surface area contributed by atoms with Crippen LogP contribution in [0.25, 0.3) is 11.1 Å². The first-order chi connectivity index (χ1) is 11.1. The Labute approximate surface area is 136 Å². The summed E-state index contributed by atoms with van der Waals surface area (Å²) in [5.74, 6) is 0.420. The largest absolute Gasteiger partial charge is 0.375 e. The molecule has 3 rings (SSSR count). The van der Waals surface area contributed by atoms with Gasteiger partial charge in [0.15, 0.2) is 0 Å². The zero-order valence-electron chi connectivity index (χ0n) is 13.3. The van der Waals surface area contributed by atoms with Gasteiger partial charge in [-0.3, -0.25) is 10.1 Å². The molecule has 23 heavy (non-hydrogen) atoms. The van der Waals surface area contributed by atoms with Gasteiger partial charge >= 0.3 is 0 Å². The quantitative estimate of drug-likeness (QED) is 0.938. The lowest BCUT2D eigenvalue weighted by atomic mass is 9.95. The van der Waals surface area contributed by atoms with Gasteiger partial charge in [-0.2, -0.15) is 0 Å². The van der Waals surface area contributed by atoms with E-state index in [1.54, 1.807) is 6.20 Å². The minimum Gasteiger partial charge on any atom is -0.375 e. The normalized spacial score (nSPS) is 15.4. The number of nitrogens with one attached hydrogen (secondary N) is 1. The minimum absolute atomic E-state index is 0.000274. The van der Waals surface area contributed by atoms with E-state index in [1.807, 2.05) is 37.3 Å². The van der Waals surface area contributed by atoms with Crippen molar-refractivity contribution in [2.24, 2.45) is 5.92 Å². The molecule has 5 heteroatoms. The first-order valence-electron chi connectivity index (χ1n) is 7.86. The molecule has 1 aliphatic heterocycles. The van der Waals surface area contributed by atoms with Crippen LogP contribution >= 0.6 is 0 Å². The summed E-state index contributed by atoms with van der Waals surface area (Å²) in [6.45, 7) is 7.70. The smallest absolute Gasteiger partial charge is 0.239 e. The van der Waals surface area contributed by atoms with Crippen LogP contribution in [0, 0.1) is 5.92 Å². The van der Waals surface area contributed by atoms with Gasteiger partial charge in [0.2, 0.25) is 11.8 Å². The number of carbonyl (C=O) groups is 1. The third kappa shape index (κ3) is 3.44. The number of carbonyl (C=O) groups excluding carboxylic acids is 1. The number of hydrogen-bond donors (Lipinski definition) is 1. The van der Waals surface area contributed by atoms with E-state index < -0.39 is 0 Å². The fourth-order valence-corrected chi connectivity index (χ4v) is 2.89. The summed E-state index contributed by atoms with van der Waals surface area (Å²) in [5.41, 5.74) is 2.84. The highest BCUT2D eigenvalue weighted by atomic mass is 16.5. The molecular weight excluding hydrogens is 290 g/mol. The van der Waals surface area contributed by atoms with Crippen LogP contribution < -0.4 is 5.32 Å². The van der Waals surface area contributed by atoms with Gasteiger partial charge < -0.3 is 9.42 Å². The standard InChI is InChI=1S/C18H21N3O2/c1-13(2)21-10-8-15(9-11-21)17(22)20-18-16(12-19-23-18)14-6-4-3-5-7-14/h3-7,12,15H,1,8-11H2,2H3,(H,20,22). The van der Waals surface area contributed by atoms with E-state index in [4.69, 9.17) is 4.52 Å². The molecule has 120 valence electrons. The maximum atomic E-state index is 12.5. The number of amides is 1. The van der Waals surface area contributed by atoms with Crippen LogP contribution in [0.15, 0.2) is 53.3 Å². The van der Waals surface area contributed by atoms with Crippen molar-refractivity contribution in [1.82, 2.24) is 10.1 Å². The average Bonchev–Trinajstić information content (AvgIpc) is 3.04. The predicted octanol–water partition coefficient (Wildman–Crippen LogP) is 3.53. The molecule has 1 fully saturated rings. The van der Waals surface area contributed by atoms with Gasteiger partial charge in [-0.15, -0.1) is 0 Å². The van der Waals surface area contributed by atoms with Crippen LogP contribution in [-0.2, 0) is 4.79 Å². The van der Waals surface area contributed by atoms with Gasteiger partial charge in [0.05, 0.1) is 11.8 Å². The number of allylic oxidation sites excluding steroid dienone is 1. The second-order valence-electron chi connectivity index (χ2n) is 5.92. The van der Waals surface area contributed by atoms with E-state index in [1.165, 1.54) is 0 Å². The van der Waals surface area contributed by atoms with Gasteiger partial charge in [0.1, 0.15) is 0 Å². The highest BCUT2D eigenvalue weighted by Crippen LogP contribution is 2.29. The summed E-state index contributed by atoms with van der Waals surface area (Å²) >= 11 is 0. The number of benzene rings is 1. The lowest BCUT2D eigenvalue weighted by Gasteiger charge is -2.32. The van der Waals surface area contributed by atoms with Crippen LogP contribution in [0.4, 0.5) is 5.88 Å². The Morgan fingerprint density at radius 1 is 1.30 bits per heavy atom. The number of piperidine rings is 1. The van der Waals surface area contributed by atoms with Crippen LogP contribution in [0.1, 0.15) is 19.8 Å². The fraction of sp³-hybridized carbons (Fsp3) is 0.333. The third-order valence-corrected chi connectivity index (χ3v) is 4.30. The Bertz CT molecular complexity index is 685. The van der Waals surface area contributed by atoms with Crippen molar-refractivity contribution in [3.8, 4) is 11.1 Å². The van der Waals surface area contributed by atoms with Crippen LogP contribution in [0.2, 0.25) is 0 Å². The Hall–Kier alpha value is -2.56. The van der Waals surface area contributed by atoms with E-state index in [2.05, 4.69) is 22.0 Å². The molecule has 2 aromatic rings. The molecule has 0 saturated carbocycles. The van der Waals surface area contributed by atoms with Crippen molar-refractivity contribution >= 4 is 11.8 Å². The summed E-state index contributed by atoms with van der Waals surface area (Å²) in [6, 6.07) is 9.77. The first kappa shape index (κ1) is 15.3. The second kappa shape index (κ2) is 6.69. The molecule has 1 amide bonds. The maximum absolute atomic E-state index is 12.5. The predicted molar refractivity (Wildman–Crippen MR) is 89.7 cm³/mol. The molecule has 0 unspecified atom stereocenters. The topological polar surface area (TPSA) is 58.4 Å². The number of likely N-dealkylation sites (tertiary alicyclic amines) is 1. The molecule has 0 atom stereocenters. The highest BCUT2D eigenvalue weighted by Gasteiger charge is 2.26. The van der Waals surface area contributed by atoms with Gasteiger partial charge in [-0.1, -0.05) is 42.1 Å². The molecule has 0 radical (unpaired) electrons. The van der Waals surface area contributed by atoms with E-state index in [-0.39, 0.29) is 11.8 Å². The summed E-state index contributed by atoms with van der Waals surface area (Å²) in [4.78, 5) is 14.7. The minimum atomic E-state index is -0.000627. The molecule has 2 heterocycles. The van der Waals surface area contributed by atoms with Crippen LogP contribution in [0.5, 0.6) is 0 Å². The lowest BCUT2D eigenvalue weighted by molar-refractivity contribution is -0.121. The second-order valence-corrected chi connectivity index (χ2v) is 5.92. The Balaban J connectivity index is 1.66. The monoisotopic (exact) mass is 311 g/mol. The molecule has 0 aliphatic carbocycles. The van der Waals surface area contributed by atoms with E-state index >= 15 is 0 Å². The molecule has 0 spiro atoms. The van der Waals surface area contributed by atoms with Crippen molar-refractivity contribution < 1.29 is 9.32 Å². The summed E-state index contributed by atoms with van der Waals surface area (Å²) in [5, 5.41) is 6.72. The molecule has 1 aromatic heterocycles. The highest BCUT2D eigenvalue weighted by molar-refractivity contribution is 5.94. The number of nitrogens with zero attached hydrogens (tertiary/aromatic N) is 2.